The van der Waals surface area contributed by atoms with E-state index in [9.17, 15) is 19.7 Å². The van der Waals surface area contributed by atoms with Gasteiger partial charge in [0.05, 0.1) is 11.3 Å². The van der Waals surface area contributed by atoms with Crippen molar-refractivity contribution in [2.24, 2.45) is 0 Å². The maximum Gasteiger partial charge on any atom is 0.323 e. The molecule has 1 aromatic heterocycles. The number of aliphatic carboxylic acids is 1. The fourth-order valence-electron chi connectivity index (χ4n) is 2.55. The first-order valence-electron chi connectivity index (χ1n) is 7.59. The number of carboxylic acid groups (broad SMARTS) is 1. The number of H-pyrrole nitrogens is 1. The maximum atomic E-state index is 12.5. The summed E-state index contributed by atoms with van der Waals surface area (Å²) in [5, 5.41) is 20.5. The van der Waals surface area contributed by atoms with Crippen molar-refractivity contribution in [3.05, 3.63) is 40.1 Å². The van der Waals surface area contributed by atoms with Gasteiger partial charge in [-0.15, -0.1) is 0 Å². The highest BCUT2D eigenvalue weighted by molar-refractivity contribution is 5.91. The number of amides is 1. The number of carbonyl (C=O) groups is 2. The number of nitrogens with one attached hydrogen (secondary N) is 1. The first-order valence-corrected chi connectivity index (χ1v) is 7.59. The van der Waals surface area contributed by atoms with Crippen molar-refractivity contribution in [1.29, 1.82) is 0 Å². The molecule has 128 valence electrons. The molecule has 1 atom stereocenters. The zero-order chi connectivity index (χ0) is 17.9. The van der Waals surface area contributed by atoms with Crippen LogP contribution in [0.15, 0.2) is 24.4 Å². The number of hydrogen-bond acceptors (Lipinski definition) is 4. The summed E-state index contributed by atoms with van der Waals surface area (Å²) in [6.07, 6.45) is 2.25. The summed E-state index contributed by atoms with van der Waals surface area (Å²) >= 11 is 0. The lowest BCUT2D eigenvalue weighted by atomic mass is 10.1. The number of fused-ring (bicyclic) bond motifs is 1. The average Bonchev–Trinajstić information content (AvgIpc) is 2.93. The number of benzene rings is 1. The third kappa shape index (κ3) is 3.70. The Morgan fingerprint density at radius 2 is 2.12 bits per heavy atom. The number of carboxylic acids is 1. The van der Waals surface area contributed by atoms with Gasteiger partial charge in [0, 0.05) is 35.3 Å². The molecule has 1 amide bonds. The van der Waals surface area contributed by atoms with Crippen molar-refractivity contribution >= 4 is 28.5 Å². The second-order valence-corrected chi connectivity index (χ2v) is 5.65. The number of hydrogen-bond donors (Lipinski definition) is 2. The van der Waals surface area contributed by atoms with E-state index in [4.69, 9.17) is 5.11 Å². The second kappa shape index (κ2) is 7.12. The van der Waals surface area contributed by atoms with E-state index in [1.54, 1.807) is 19.2 Å². The fraction of sp³-hybridized carbons (Fsp3) is 0.375. The first-order chi connectivity index (χ1) is 11.3. The van der Waals surface area contributed by atoms with Gasteiger partial charge < -0.3 is 15.0 Å². The van der Waals surface area contributed by atoms with E-state index in [-0.39, 0.29) is 30.6 Å². The lowest BCUT2D eigenvalue weighted by molar-refractivity contribution is -0.384. The number of rotatable bonds is 7. The third-order valence-electron chi connectivity index (χ3n) is 4.05. The van der Waals surface area contributed by atoms with Crippen molar-refractivity contribution in [2.75, 3.05) is 6.54 Å². The molecule has 0 saturated heterocycles. The highest BCUT2D eigenvalue weighted by Gasteiger charge is 2.23. The van der Waals surface area contributed by atoms with Gasteiger partial charge >= 0.3 is 5.97 Å². The van der Waals surface area contributed by atoms with Crippen LogP contribution in [0.5, 0.6) is 0 Å². The Morgan fingerprint density at radius 3 is 2.71 bits per heavy atom. The lowest BCUT2D eigenvalue weighted by Crippen LogP contribution is -2.42. The van der Waals surface area contributed by atoms with E-state index < -0.39 is 10.9 Å². The molecule has 0 aliphatic heterocycles. The smallest absolute Gasteiger partial charge is 0.323 e. The summed E-state index contributed by atoms with van der Waals surface area (Å²) < 4.78 is 0. The molecule has 1 unspecified atom stereocenters. The Bertz CT molecular complexity index is 783. The summed E-state index contributed by atoms with van der Waals surface area (Å²) in [7, 11) is 0. The van der Waals surface area contributed by atoms with Crippen LogP contribution in [0.25, 0.3) is 10.9 Å². The number of nitrogens with zero attached hydrogens (tertiary/aromatic N) is 2. The highest BCUT2D eigenvalue weighted by atomic mass is 16.6. The number of aromatic amines is 1. The van der Waals surface area contributed by atoms with Crippen LogP contribution < -0.4 is 0 Å². The van der Waals surface area contributed by atoms with Crippen LogP contribution in [0.2, 0.25) is 0 Å². The molecule has 0 fully saturated rings. The molecule has 8 nitrogen and oxygen atoms in total. The third-order valence-corrected chi connectivity index (χ3v) is 4.05. The lowest BCUT2D eigenvalue weighted by Gasteiger charge is -2.26. The van der Waals surface area contributed by atoms with Gasteiger partial charge in [0.15, 0.2) is 0 Å². The van der Waals surface area contributed by atoms with Gasteiger partial charge in [-0.25, -0.2) is 0 Å². The SMILES string of the molecule is CCC(C)N(CC(=O)O)C(=O)Cc1c[nH]c2ccc([N+](=O)[O-])cc12. The second-order valence-electron chi connectivity index (χ2n) is 5.65. The molecule has 2 aromatic rings. The summed E-state index contributed by atoms with van der Waals surface area (Å²) in [6.45, 7) is 3.30. The summed E-state index contributed by atoms with van der Waals surface area (Å²) in [5.74, 6) is -1.39. The molecule has 24 heavy (non-hydrogen) atoms. The Kier molecular flexibility index (Phi) is 5.18. The van der Waals surface area contributed by atoms with Gasteiger partial charge in [-0.05, 0) is 25.0 Å². The zero-order valence-corrected chi connectivity index (χ0v) is 13.5. The molecule has 0 saturated carbocycles. The van der Waals surface area contributed by atoms with Gasteiger partial charge in [-0.3, -0.25) is 19.7 Å². The molecule has 1 heterocycles. The van der Waals surface area contributed by atoms with E-state index in [0.29, 0.717) is 22.9 Å². The van der Waals surface area contributed by atoms with Gasteiger partial charge in [0.1, 0.15) is 6.54 Å². The Balaban J connectivity index is 2.29. The van der Waals surface area contributed by atoms with Gasteiger partial charge in [-0.1, -0.05) is 6.92 Å². The predicted octanol–water partition coefficient (Wildman–Crippen LogP) is 2.33. The standard InChI is InChI=1S/C16H19N3O5/c1-3-10(2)18(9-16(21)22)15(20)6-11-8-17-14-5-4-12(19(23)24)7-13(11)14/h4-5,7-8,10,17H,3,6,9H2,1-2H3,(H,21,22). The molecule has 1 aromatic carbocycles. The first kappa shape index (κ1) is 17.5. The monoisotopic (exact) mass is 333 g/mol. The fourth-order valence-corrected chi connectivity index (χ4v) is 2.55. The van der Waals surface area contributed by atoms with Crippen LogP contribution in [0.1, 0.15) is 25.8 Å². The Hall–Kier alpha value is -2.90. The van der Waals surface area contributed by atoms with Crippen LogP contribution in [-0.4, -0.2) is 44.4 Å². The normalized spacial score (nSPS) is 12.1. The van der Waals surface area contributed by atoms with Crippen LogP contribution >= 0.6 is 0 Å². The molecule has 0 bridgehead atoms. The summed E-state index contributed by atoms with van der Waals surface area (Å²) in [4.78, 5) is 38.2. The summed E-state index contributed by atoms with van der Waals surface area (Å²) in [6, 6.07) is 4.19. The molecule has 0 aliphatic rings. The van der Waals surface area contributed by atoms with Crippen LogP contribution in [0, 0.1) is 10.1 Å². The number of carbonyl (C=O) groups excluding carboxylic acids is 1. The van der Waals surface area contributed by atoms with E-state index in [0.717, 1.165) is 0 Å². The average molecular weight is 333 g/mol. The minimum absolute atomic E-state index is 0.0151. The van der Waals surface area contributed by atoms with E-state index in [2.05, 4.69) is 4.98 Å². The van der Waals surface area contributed by atoms with E-state index in [1.165, 1.54) is 17.0 Å². The van der Waals surface area contributed by atoms with Crippen LogP contribution in [0.3, 0.4) is 0 Å². The molecule has 0 spiro atoms. The number of aromatic nitrogens is 1. The predicted molar refractivity (Wildman–Crippen MR) is 87.8 cm³/mol. The molecular formula is C16H19N3O5. The van der Waals surface area contributed by atoms with Crippen LogP contribution in [0.4, 0.5) is 5.69 Å². The van der Waals surface area contributed by atoms with Crippen molar-refractivity contribution in [1.82, 2.24) is 9.88 Å². The van der Waals surface area contributed by atoms with Crippen molar-refractivity contribution in [3.63, 3.8) is 0 Å². The molecule has 2 N–H and O–H groups in total. The quantitative estimate of drug-likeness (QED) is 0.596. The zero-order valence-electron chi connectivity index (χ0n) is 13.5. The molecule has 0 radical (unpaired) electrons. The largest absolute Gasteiger partial charge is 0.480 e. The van der Waals surface area contributed by atoms with Gasteiger partial charge in [0.25, 0.3) is 5.69 Å². The molecule has 0 aliphatic carbocycles. The highest BCUT2D eigenvalue weighted by Crippen LogP contribution is 2.24. The number of nitro groups is 1. The van der Waals surface area contributed by atoms with Gasteiger partial charge in [-0.2, -0.15) is 0 Å². The Labute approximate surface area is 138 Å². The minimum atomic E-state index is -1.07. The topological polar surface area (TPSA) is 117 Å². The molecule has 8 heteroatoms. The summed E-state index contributed by atoms with van der Waals surface area (Å²) in [5.41, 5.74) is 1.24. The van der Waals surface area contributed by atoms with E-state index in [1.807, 2.05) is 6.92 Å². The van der Waals surface area contributed by atoms with Crippen LogP contribution in [-0.2, 0) is 16.0 Å². The number of nitro benzene ring substituents is 1. The van der Waals surface area contributed by atoms with Crippen molar-refractivity contribution in [2.45, 2.75) is 32.7 Å². The maximum absolute atomic E-state index is 12.5. The van der Waals surface area contributed by atoms with Crippen molar-refractivity contribution < 1.29 is 19.6 Å². The Morgan fingerprint density at radius 1 is 1.42 bits per heavy atom. The molecular weight excluding hydrogens is 314 g/mol. The van der Waals surface area contributed by atoms with Crippen molar-refractivity contribution in [3.8, 4) is 0 Å². The van der Waals surface area contributed by atoms with Gasteiger partial charge in [0.2, 0.25) is 5.91 Å². The van der Waals surface area contributed by atoms with E-state index >= 15 is 0 Å². The minimum Gasteiger partial charge on any atom is -0.480 e. The number of non-ortho nitro benzene ring substituents is 1. The molecule has 2 rings (SSSR count).